The van der Waals surface area contributed by atoms with Crippen molar-refractivity contribution in [3.63, 3.8) is 0 Å². The Hall–Kier alpha value is -3.09. The molecule has 0 atom stereocenters. The average molecular weight is 480 g/mol. The van der Waals surface area contributed by atoms with Crippen molar-refractivity contribution < 1.29 is 13.9 Å². The van der Waals surface area contributed by atoms with Gasteiger partial charge in [0.25, 0.3) is 11.7 Å². The maximum atomic E-state index is 15.1. The monoisotopic (exact) mass is 479 g/mol. The highest BCUT2D eigenvalue weighted by Crippen LogP contribution is 2.48. The highest BCUT2D eigenvalue weighted by molar-refractivity contribution is 7.81. The molecule has 176 valence electrons. The minimum absolute atomic E-state index is 0.00590. The number of likely N-dealkylation sites (tertiary alicyclic amines) is 1. The first-order valence-electron chi connectivity index (χ1n) is 11.5. The van der Waals surface area contributed by atoms with E-state index in [1.54, 1.807) is 30.0 Å². The van der Waals surface area contributed by atoms with Crippen LogP contribution in [0.1, 0.15) is 37.7 Å². The fraction of sp³-hybridized carbons (Fsp3) is 0.440. The Morgan fingerprint density at radius 2 is 1.97 bits per heavy atom. The van der Waals surface area contributed by atoms with Crippen LogP contribution in [-0.4, -0.2) is 52.7 Å². The number of carbonyl (C=O) groups excluding carboxylic acids is 1. The lowest BCUT2D eigenvalue weighted by atomic mass is 9.75. The molecule has 9 heteroatoms. The summed E-state index contributed by atoms with van der Waals surface area (Å²) in [6, 6.07) is 6.59. The van der Waals surface area contributed by atoms with E-state index in [1.165, 1.54) is 17.2 Å². The van der Waals surface area contributed by atoms with E-state index >= 15 is 4.39 Å². The minimum atomic E-state index is -0.813. The van der Waals surface area contributed by atoms with Gasteiger partial charge in [-0.2, -0.15) is 0 Å². The van der Waals surface area contributed by atoms with E-state index in [-0.39, 0.29) is 17.8 Å². The summed E-state index contributed by atoms with van der Waals surface area (Å²) in [7, 11) is 2.07. The molecule has 5 rings (SSSR count). The first-order chi connectivity index (χ1) is 16.3. The zero-order valence-corrected chi connectivity index (χ0v) is 20.1. The van der Waals surface area contributed by atoms with Crippen LogP contribution in [0.2, 0.25) is 0 Å². The van der Waals surface area contributed by atoms with Crippen molar-refractivity contribution in [3.8, 4) is 5.75 Å². The number of hydrogen-bond acceptors (Lipinski definition) is 5. The number of benzene rings is 1. The number of carbonyl (C=O) groups is 1. The number of aromatic nitrogens is 1. The van der Waals surface area contributed by atoms with Crippen molar-refractivity contribution in [2.75, 3.05) is 29.9 Å². The van der Waals surface area contributed by atoms with E-state index < -0.39 is 11.4 Å². The summed E-state index contributed by atoms with van der Waals surface area (Å²) in [5, 5.41) is 0.296. The molecule has 1 amide bonds. The SMILES string of the molecule is [C-]#[N+]c1ncc(N2C(=O)C3(CCC3)N(c3ccc(OC4CCN(C)CC4)c(F)c3)C2=S)cc1C. The number of aryl methyl sites for hydroxylation is 1. The second-order valence-corrected chi connectivity index (χ2v) is 9.69. The number of amides is 1. The number of rotatable bonds is 4. The molecule has 1 spiro atoms. The lowest BCUT2D eigenvalue weighted by molar-refractivity contribution is -0.123. The molecule has 2 aliphatic heterocycles. The Morgan fingerprint density at radius 3 is 2.56 bits per heavy atom. The lowest BCUT2D eigenvalue weighted by Gasteiger charge is -2.43. The van der Waals surface area contributed by atoms with Gasteiger partial charge >= 0.3 is 0 Å². The summed E-state index contributed by atoms with van der Waals surface area (Å²) in [5.41, 5.74) is 0.921. The van der Waals surface area contributed by atoms with Gasteiger partial charge < -0.3 is 19.4 Å². The first-order valence-corrected chi connectivity index (χ1v) is 11.9. The number of nitrogens with zero attached hydrogens (tertiary/aromatic N) is 5. The molecule has 1 saturated carbocycles. The second-order valence-electron chi connectivity index (χ2n) is 9.32. The van der Waals surface area contributed by atoms with Crippen LogP contribution in [0.15, 0.2) is 30.5 Å². The molecule has 3 heterocycles. The molecule has 34 heavy (non-hydrogen) atoms. The first kappa shape index (κ1) is 22.7. The number of ether oxygens (including phenoxy) is 1. The van der Waals surface area contributed by atoms with Gasteiger partial charge in [-0.15, -0.1) is 4.98 Å². The van der Waals surface area contributed by atoms with Crippen LogP contribution in [0.5, 0.6) is 5.75 Å². The minimum Gasteiger partial charge on any atom is -0.487 e. The molecule has 0 N–H and O–H groups in total. The highest BCUT2D eigenvalue weighted by Gasteiger charge is 2.59. The van der Waals surface area contributed by atoms with Gasteiger partial charge in [-0.25, -0.2) is 4.39 Å². The number of pyridine rings is 1. The van der Waals surface area contributed by atoms with Gasteiger partial charge in [0.1, 0.15) is 17.8 Å². The number of anilines is 2. The van der Waals surface area contributed by atoms with Crippen LogP contribution < -0.4 is 14.5 Å². The van der Waals surface area contributed by atoms with Crippen LogP contribution in [0.3, 0.4) is 0 Å². The molecule has 0 radical (unpaired) electrons. The number of thiocarbonyl (C=S) groups is 1. The van der Waals surface area contributed by atoms with Gasteiger partial charge in [0, 0.05) is 24.8 Å². The quantitative estimate of drug-likeness (QED) is 0.472. The number of hydrogen-bond donors (Lipinski definition) is 0. The van der Waals surface area contributed by atoms with E-state index in [0.717, 1.165) is 32.4 Å². The number of piperidine rings is 1. The standard InChI is InChI=1S/C25H26FN5O2S/c1-16-13-18(15-28-22(16)27-2)30-23(32)25(9-4-10-25)31(24(30)34)17-5-6-21(20(26)14-17)33-19-7-11-29(3)12-8-19/h5-6,13-15,19H,4,7-12H2,1,3H3. The van der Waals surface area contributed by atoms with E-state index in [4.69, 9.17) is 23.5 Å². The van der Waals surface area contributed by atoms with Gasteiger partial charge in [-0.1, -0.05) is 6.57 Å². The van der Waals surface area contributed by atoms with E-state index in [0.29, 0.717) is 40.7 Å². The normalized spacial score (nSPS) is 20.5. The smallest absolute Gasteiger partial charge is 0.272 e. The molecule has 7 nitrogen and oxygen atoms in total. The Labute approximate surface area is 203 Å². The fourth-order valence-electron chi connectivity index (χ4n) is 5.01. The van der Waals surface area contributed by atoms with Crippen molar-refractivity contribution in [3.05, 3.63) is 53.3 Å². The van der Waals surface area contributed by atoms with Gasteiger partial charge in [0.05, 0.1) is 5.69 Å². The van der Waals surface area contributed by atoms with Crippen LogP contribution in [0.25, 0.3) is 4.85 Å². The predicted molar refractivity (Wildman–Crippen MR) is 132 cm³/mol. The third-order valence-corrected chi connectivity index (χ3v) is 7.49. The van der Waals surface area contributed by atoms with Gasteiger partial charge in [-0.05, 0) is 82.1 Å². The molecule has 3 fully saturated rings. The fourth-order valence-corrected chi connectivity index (χ4v) is 5.48. The summed E-state index contributed by atoms with van der Waals surface area (Å²) in [5.74, 6) is -0.0753. The van der Waals surface area contributed by atoms with Crippen molar-refractivity contribution >= 4 is 40.4 Å². The number of halogens is 1. The Bertz CT molecular complexity index is 1200. The van der Waals surface area contributed by atoms with Gasteiger partial charge in [0.2, 0.25) is 0 Å². The average Bonchev–Trinajstić information content (AvgIpc) is 3.03. The Kier molecular flexibility index (Phi) is 5.74. The summed E-state index contributed by atoms with van der Waals surface area (Å²) >= 11 is 5.76. The maximum absolute atomic E-state index is 15.1. The molecule has 2 saturated heterocycles. The predicted octanol–water partition coefficient (Wildman–Crippen LogP) is 4.61. The summed E-state index contributed by atoms with van der Waals surface area (Å²) in [6.45, 7) is 10.9. The van der Waals surface area contributed by atoms with Crippen LogP contribution in [-0.2, 0) is 4.79 Å². The summed E-state index contributed by atoms with van der Waals surface area (Å²) in [4.78, 5) is 26.7. The van der Waals surface area contributed by atoms with Gasteiger partial charge in [-0.3, -0.25) is 9.69 Å². The summed E-state index contributed by atoms with van der Waals surface area (Å²) in [6.07, 6.45) is 5.40. The lowest BCUT2D eigenvalue weighted by Crippen LogP contribution is -2.55. The van der Waals surface area contributed by atoms with Crippen molar-refractivity contribution in [1.29, 1.82) is 0 Å². The largest absolute Gasteiger partial charge is 0.487 e. The van der Waals surface area contributed by atoms with Crippen molar-refractivity contribution in [1.82, 2.24) is 9.88 Å². The van der Waals surface area contributed by atoms with Crippen molar-refractivity contribution in [2.24, 2.45) is 0 Å². The zero-order valence-electron chi connectivity index (χ0n) is 19.3. The third-order valence-electron chi connectivity index (χ3n) is 7.13. The van der Waals surface area contributed by atoms with Crippen LogP contribution >= 0.6 is 12.2 Å². The van der Waals surface area contributed by atoms with Gasteiger partial charge in [0.15, 0.2) is 16.7 Å². The molecule has 0 bridgehead atoms. The van der Waals surface area contributed by atoms with Crippen LogP contribution in [0, 0.1) is 19.3 Å². The Morgan fingerprint density at radius 1 is 1.24 bits per heavy atom. The van der Waals surface area contributed by atoms with Crippen molar-refractivity contribution in [2.45, 2.75) is 50.7 Å². The third kappa shape index (κ3) is 3.62. The molecule has 2 aromatic rings. The topological polar surface area (TPSA) is 53.3 Å². The molecule has 0 unspecified atom stereocenters. The molecule has 1 aromatic carbocycles. The summed E-state index contributed by atoms with van der Waals surface area (Å²) < 4.78 is 21.1. The molecule has 3 aliphatic rings. The van der Waals surface area contributed by atoms with E-state index in [9.17, 15) is 4.79 Å². The molecular weight excluding hydrogens is 453 g/mol. The maximum Gasteiger partial charge on any atom is 0.272 e. The Balaban J connectivity index is 1.44. The van der Waals surface area contributed by atoms with Crippen LogP contribution in [0.4, 0.5) is 21.6 Å². The molecular formula is C25H26FN5O2S. The highest BCUT2D eigenvalue weighted by atomic mass is 32.1. The zero-order chi connectivity index (χ0) is 24.0. The molecule has 1 aliphatic carbocycles. The second kappa shape index (κ2) is 8.60. The van der Waals surface area contributed by atoms with E-state index in [1.807, 2.05) is 0 Å². The van der Waals surface area contributed by atoms with E-state index in [2.05, 4.69) is 21.8 Å². The molecule has 1 aromatic heterocycles.